The van der Waals surface area contributed by atoms with Crippen LogP contribution in [0.15, 0.2) is 42.9 Å². The Morgan fingerprint density at radius 2 is 1.87 bits per heavy atom. The van der Waals surface area contributed by atoms with Crippen molar-refractivity contribution in [2.24, 2.45) is 5.92 Å². The SMILES string of the molecule is CN(c1ncnc2[nH]ccc12)[C@H]1CC[C@H](CS(=O)(=O)NCCc2ccc(Cl)cc2)CC1. The van der Waals surface area contributed by atoms with Gasteiger partial charge in [0.25, 0.3) is 0 Å². The molecule has 2 aromatic heterocycles. The van der Waals surface area contributed by atoms with Gasteiger partial charge in [-0.2, -0.15) is 0 Å². The third-order valence-electron chi connectivity index (χ3n) is 6.14. The normalized spacial score (nSPS) is 19.5. The highest BCUT2D eigenvalue weighted by Crippen LogP contribution is 2.31. The van der Waals surface area contributed by atoms with Gasteiger partial charge in [0, 0.05) is 30.9 Å². The Labute approximate surface area is 188 Å². The van der Waals surface area contributed by atoms with Crippen molar-refractivity contribution in [3.8, 4) is 0 Å². The van der Waals surface area contributed by atoms with Crippen molar-refractivity contribution in [3.63, 3.8) is 0 Å². The van der Waals surface area contributed by atoms with E-state index >= 15 is 0 Å². The molecule has 0 bridgehead atoms. The summed E-state index contributed by atoms with van der Waals surface area (Å²) in [6.07, 6.45) is 7.81. The molecule has 1 aliphatic carbocycles. The molecule has 0 unspecified atom stereocenters. The number of hydrogen-bond donors (Lipinski definition) is 2. The lowest BCUT2D eigenvalue weighted by Crippen LogP contribution is -2.38. The van der Waals surface area contributed by atoms with Crippen LogP contribution in [0.25, 0.3) is 11.0 Å². The number of sulfonamides is 1. The largest absolute Gasteiger partial charge is 0.356 e. The first-order valence-corrected chi connectivity index (χ1v) is 12.7. The molecule has 0 amide bonds. The molecule has 0 aliphatic heterocycles. The second-order valence-corrected chi connectivity index (χ2v) is 10.6. The van der Waals surface area contributed by atoms with Crippen LogP contribution in [0.2, 0.25) is 5.02 Å². The van der Waals surface area contributed by atoms with Gasteiger partial charge in [0.15, 0.2) is 0 Å². The average molecular weight is 462 g/mol. The first kappa shape index (κ1) is 22.0. The summed E-state index contributed by atoms with van der Waals surface area (Å²) in [6, 6.07) is 9.84. The standard InChI is InChI=1S/C22H28ClN5O2S/c1-28(22-20-11-12-24-21(20)25-15-26-22)19-8-4-17(5-9-19)14-31(29,30)27-13-10-16-2-6-18(23)7-3-16/h2-3,6-7,11-12,15,17,19,27H,4-5,8-10,13-14H2,1H3,(H,24,25,26)/t17-,19-. The Morgan fingerprint density at radius 3 is 2.61 bits per heavy atom. The van der Waals surface area contributed by atoms with Crippen LogP contribution in [0.4, 0.5) is 5.82 Å². The minimum Gasteiger partial charge on any atom is -0.356 e. The van der Waals surface area contributed by atoms with Crippen LogP contribution in [0, 0.1) is 5.92 Å². The van der Waals surface area contributed by atoms with Gasteiger partial charge in [-0.1, -0.05) is 23.7 Å². The molecule has 7 nitrogen and oxygen atoms in total. The topological polar surface area (TPSA) is 91.0 Å². The Bertz CT molecular complexity index is 1110. The summed E-state index contributed by atoms with van der Waals surface area (Å²) >= 11 is 5.89. The number of hydrogen-bond acceptors (Lipinski definition) is 5. The second-order valence-electron chi connectivity index (χ2n) is 8.27. The van der Waals surface area contributed by atoms with Crippen molar-refractivity contribution < 1.29 is 8.42 Å². The number of nitrogens with zero attached hydrogens (tertiary/aromatic N) is 3. The molecule has 1 saturated carbocycles. The van der Waals surface area contributed by atoms with E-state index in [0.29, 0.717) is 24.0 Å². The predicted octanol–water partition coefficient (Wildman–Crippen LogP) is 3.77. The van der Waals surface area contributed by atoms with Crippen LogP contribution in [-0.4, -0.2) is 48.8 Å². The van der Waals surface area contributed by atoms with Crippen molar-refractivity contribution >= 4 is 38.5 Å². The minimum atomic E-state index is -3.29. The maximum absolute atomic E-state index is 12.5. The van der Waals surface area contributed by atoms with E-state index in [0.717, 1.165) is 48.1 Å². The van der Waals surface area contributed by atoms with Gasteiger partial charge in [0.05, 0.1) is 11.1 Å². The molecular formula is C22H28ClN5O2S. The molecule has 0 atom stereocenters. The van der Waals surface area contributed by atoms with Gasteiger partial charge in [-0.15, -0.1) is 0 Å². The molecule has 0 radical (unpaired) electrons. The van der Waals surface area contributed by atoms with Crippen LogP contribution in [-0.2, 0) is 16.4 Å². The van der Waals surface area contributed by atoms with E-state index in [1.807, 2.05) is 36.5 Å². The second kappa shape index (κ2) is 9.54. The Morgan fingerprint density at radius 1 is 1.13 bits per heavy atom. The lowest BCUT2D eigenvalue weighted by Gasteiger charge is -2.35. The first-order chi connectivity index (χ1) is 14.9. The fourth-order valence-corrected chi connectivity index (χ4v) is 5.99. The lowest BCUT2D eigenvalue weighted by molar-refractivity contribution is 0.340. The minimum absolute atomic E-state index is 0.190. The van der Waals surface area contributed by atoms with E-state index in [9.17, 15) is 8.42 Å². The Hall–Kier alpha value is -2.16. The van der Waals surface area contributed by atoms with Gasteiger partial charge in [-0.25, -0.2) is 23.1 Å². The van der Waals surface area contributed by atoms with E-state index in [-0.39, 0.29) is 11.7 Å². The molecule has 31 heavy (non-hydrogen) atoms. The lowest BCUT2D eigenvalue weighted by atomic mass is 9.86. The van der Waals surface area contributed by atoms with Crippen LogP contribution in [0.5, 0.6) is 0 Å². The van der Waals surface area contributed by atoms with E-state index < -0.39 is 10.0 Å². The molecule has 2 N–H and O–H groups in total. The average Bonchev–Trinajstić information content (AvgIpc) is 3.24. The molecular weight excluding hydrogens is 434 g/mol. The molecule has 1 aromatic carbocycles. The van der Waals surface area contributed by atoms with E-state index in [4.69, 9.17) is 11.6 Å². The van der Waals surface area contributed by atoms with E-state index in [1.165, 1.54) is 0 Å². The quantitative estimate of drug-likeness (QED) is 0.532. The number of benzene rings is 1. The molecule has 2 heterocycles. The zero-order valence-electron chi connectivity index (χ0n) is 17.6. The van der Waals surface area contributed by atoms with E-state index in [2.05, 4.69) is 31.6 Å². The van der Waals surface area contributed by atoms with Crippen molar-refractivity contribution in [3.05, 3.63) is 53.4 Å². The Balaban J connectivity index is 1.26. The number of aromatic nitrogens is 3. The summed E-state index contributed by atoms with van der Waals surface area (Å²) in [5, 5.41) is 1.70. The summed E-state index contributed by atoms with van der Waals surface area (Å²) < 4.78 is 27.8. The highest BCUT2D eigenvalue weighted by atomic mass is 35.5. The fourth-order valence-electron chi connectivity index (χ4n) is 4.38. The molecule has 0 saturated heterocycles. The molecule has 9 heteroatoms. The molecule has 1 fully saturated rings. The van der Waals surface area contributed by atoms with Crippen LogP contribution < -0.4 is 9.62 Å². The first-order valence-electron chi connectivity index (χ1n) is 10.6. The summed E-state index contributed by atoms with van der Waals surface area (Å²) in [5.74, 6) is 1.31. The van der Waals surface area contributed by atoms with Gasteiger partial charge in [0.1, 0.15) is 17.8 Å². The number of anilines is 1. The number of aromatic amines is 1. The highest BCUT2D eigenvalue weighted by molar-refractivity contribution is 7.89. The van der Waals surface area contributed by atoms with Crippen molar-refractivity contribution in [1.29, 1.82) is 0 Å². The summed E-state index contributed by atoms with van der Waals surface area (Å²) in [7, 11) is -1.22. The van der Waals surface area contributed by atoms with Crippen LogP contribution >= 0.6 is 11.6 Å². The summed E-state index contributed by atoms with van der Waals surface area (Å²) in [5.41, 5.74) is 1.90. The molecule has 166 valence electrons. The van der Waals surface area contributed by atoms with Crippen molar-refractivity contribution in [2.45, 2.75) is 38.1 Å². The molecule has 1 aliphatic rings. The zero-order valence-corrected chi connectivity index (χ0v) is 19.2. The molecule has 4 rings (SSSR count). The smallest absolute Gasteiger partial charge is 0.211 e. The number of H-pyrrole nitrogens is 1. The van der Waals surface area contributed by atoms with Gasteiger partial charge in [-0.05, 0) is 61.8 Å². The summed E-state index contributed by atoms with van der Waals surface area (Å²) in [4.78, 5) is 14.1. The summed E-state index contributed by atoms with van der Waals surface area (Å²) in [6.45, 7) is 0.405. The third kappa shape index (κ3) is 5.56. The fraction of sp³-hybridized carbons (Fsp3) is 0.455. The monoisotopic (exact) mass is 461 g/mol. The van der Waals surface area contributed by atoms with E-state index in [1.54, 1.807) is 6.33 Å². The molecule has 0 spiro atoms. The third-order valence-corrected chi connectivity index (χ3v) is 7.94. The van der Waals surface area contributed by atoms with Gasteiger partial charge < -0.3 is 9.88 Å². The maximum Gasteiger partial charge on any atom is 0.211 e. The zero-order chi connectivity index (χ0) is 21.8. The number of nitrogens with one attached hydrogen (secondary N) is 2. The Kier molecular flexibility index (Phi) is 6.79. The van der Waals surface area contributed by atoms with Gasteiger partial charge in [-0.3, -0.25) is 0 Å². The molecule has 3 aromatic rings. The van der Waals surface area contributed by atoms with Gasteiger partial charge >= 0.3 is 0 Å². The van der Waals surface area contributed by atoms with Crippen molar-refractivity contribution in [1.82, 2.24) is 19.7 Å². The predicted molar refractivity (Wildman–Crippen MR) is 125 cm³/mol. The number of halogens is 1. The van der Waals surface area contributed by atoms with Crippen LogP contribution in [0.1, 0.15) is 31.2 Å². The van der Waals surface area contributed by atoms with Crippen molar-refractivity contribution in [2.75, 3.05) is 24.2 Å². The van der Waals surface area contributed by atoms with Gasteiger partial charge in [0.2, 0.25) is 10.0 Å². The van der Waals surface area contributed by atoms with Crippen LogP contribution in [0.3, 0.4) is 0 Å². The number of fused-ring (bicyclic) bond motifs is 1. The number of rotatable bonds is 8. The maximum atomic E-state index is 12.5. The highest BCUT2D eigenvalue weighted by Gasteiger charge is 2.28.